The summed E-state index contributed by atoms with van der Waals surface area (Å²) >= 11 is 0. The monoisotopic (exact) mass is 1360 g/mol. The van der Waals surface area contributed by atoms with Crippen molar-refractivity contribution in [1.29, 1.82) is 0 Å². The highest BCUT2D eigenvalue weighted by Gasteiger charge is 2.24. The lowest BCUT2D eigenvalue weighted by Gasteiger charge is -2.19. The Bertz CT molecular complexity index is 6210. The van der Waals surface area contributed by atoms with E-state index < -0.39 is 0 Å². The molecular weight excluding hydrogens is 1290 g/mol. The summed E-state index contributed by atoms with van der Waals surface area (Å²) < 4.78 is 13.6. The molecule has 0 spiro atoms. The number of hydrogen-bond donors (Lipinski definition) is 0. The van der Waals surface area contributed by atoms with Gasteiger partial charge in [0.15, 0.2) is 0 Å². The van der Waals surface area contributed by atoms with Crippen LogP contribution in [-0.4, -0.2) is 18.3 Å². The largest absolute Gasteiger partial charge is 0.309 e. The topological polar surface area (TPSA) is 27.5 Å². The van der Waals surface area contributed by atoms with Crippen LogP contribution in [0, 0.1) is 40.3 Å². The Morgan fingerprint density at radius 3 is 0.972 bits per heavy atom. The highest BCUT2D eigenvalue weighted by atomic mass is 15.2. The highest BCUT2D eigenvalue weighted by molar-refractivity contribution is 6.13. The van der Waals surface area contributed by atoms with Gasteiger partial charge in [-0.25, -0.2) is 0 Å². The number of imidazole rings is 2. The molecule has 4 heterocycles. The maximum atomic E-state index is 3.77. The molecule has 15 aromatic carbocycles. The lowest BCUT2D eigenvalue weighted by atomic mass is 9.86. The van der Waals surface area contributed by atoms with Gasteiger partial charge in [0.1, 0.15) is 0 Å². The predicted octanol–water partition coefficient (Wildman–Crippen LogP) is 24.2. The smallest absolute Gasteiger partial charge is 0.269 e. The average molecular weight is 1360 g/mol. The van der Waals surface area contributed by atoms with Crippen LogP contribution in [0.2, 0.25) is 0 Å². The zero-order chi connectivity index (χ0) is 70.9. The van der Waals surface area contributed by atoms with Crippen molar-refractivity contribution >= 4 is 43.6 Å². The summed E-state index contributed by atoms with van der Waals surface area (Å²) in [6, 6.07) is 133. The number of nitrogens with zero attached hydrogens (tertiary/aromatic N) is 6. The molecule has 0 unspecified atom stereocenters. The molecule has 4 aromatic heterocycles. The number of rotatable bonds is 14. The fourth-order valence-electron chi connectivity index (χ4n) is 16.1. The quantitative estimate of drug-likeness (QED) is 0.0767. The van der Waals surface area contributed by atoms with Crippen LogP contribution in [0.1, 0.15) is 22.8 Å². The number of para-hydroxylation sites is 4. The number of fused-ring (bicyclic) bond motifs is 6. The van der Waals surface area contributed by atoms with Gasteiger partial charge in [-0.2, -0.15) is 0 Å². The van der Waals surface area contributed by atoms with Gasteiger partial charge in [-0.05, 0) is 232 Å². The molecule has 502 valence electrons. The molecule has 0 bridgehead atoms. The Morgan fingerprint density at radius 1 is 0.208 bits per heavy atom. The minimum Gasteiger partial charge on any atom is -0.309 e. The third-order valence-electron chi connectivity index (χ3n) is 21.6. The van der Waals surface area contributed by atoms with Crippen LogP contribution in [0.5, 0.6) is 0 Å². The van der Waals surface area contributed by atoms with Gasteiger partial charge in [0.2, 0.25) is 0 Å². The first-order valence-electron chi connectivity index (χ1n) is 36.4. The second-order valence-electron chi connectivity index (χ2n) is 27.7. The summed E-state index contributed by atoms with van der Waals surface area (Å²) in [5, 5.41) is 4.77. The minimum atomic E-state index is 1.03. The first-order chi connectivity index (χ1) is 52.2. The van der Waals surface area contributed by atoms with Crippen LogP contribution in [0.15, 0.2) is 364 Å². The molecule has 19 rings (SSSR count). The van der Waals surface area contributed by atoms with Crippen LogP contribution in [0.4, 0.5) is 0 Å². The number of hydrogen-bond acceptors (Lipinski definition) is 0. The summed E-state index contributed by atoms with van der Waals surface area (Å²) in [5.74, 6) is 0. The maximum absolute atomic E-state index is 3.77. The molecule has 0 aliphatic carbocycles. The molecule has 0 aliphatic heterocycles. The van der Waals surface area contributed by atoms with E-state index in [-0.39, 0.29) is 0 Å². The fraction of sp³-hybridized carbons (Fsp3) is 0.0400. The molecule has 0 saturated carbocycles. The Labute approximate surface area is 617 Å². The Morgan fingerprint density at radius 2 is 0.538 bits per heavy atom. The van der Waals surface area contributed by atoms with E-state index in [2.05, 4.69) is 432 Å². The lowest BCUT2D eigenvalue weighted by molar-refractivity contribution is -0.606. The van der Waals surface area contributed by atoms with E-state index in [9.17, 15) is 0 Å². The van der Waals surface area contributed by atoms with Crippen LogP contribution >= 0.6 is 0 Å². The van der Waals surface area contributed by atoms with Crippen LogP contribution in [-0.2, 0) is 0 Å². The summed E-state index contributed by atoms with van der Waals surface area (Å²) in [5.41, 5.74) is 33.8. The van der Waals surface area contributed by atoms with Gasteiger partial charge < -0.3 is 9.13 Å². The summed E-state index contributed by atoms with van der Waals surface area (Å²) in [4.78, 5) is 0. The Hall–Kier alpha value is -13.7. The second kappa shape index (κ2) is 26.3. The molecule has 0 N–H and O–H groups in total. The normalized spacial score (nSPS) is 11.6. The van der Waals surface area contributed by atoms with Gasteiger partial charge in [-0.1, -0.05) is 249 Å². The van der Waals surface area contributed by atoms with Crippen molar-refractivity contribution in [2.45, 2.75) is 27.7 Å². The number of aromatic nitrogens is 6. The van der Waals surface area contributed by atoms with Crippen molar-refractivity contribution in [3.63, 3.8) is 0 Å². The SMILES string of the molecule is Cc1c(C)[n+](-c2ccccc2)[c-]n1-c1ccc(-c2ccccc2-c2cccc(-c3ccccc3-c3ccc(-n4[c-][n+](-c5ccccc5)c(C)c4C)cc3-c3ccc4c(c3)c3ccccc3n4-c3cccc(-c4ccccc4)c3)c2)c(-c2ccc3c(c2)c2ccccc2n3-c2cccc(-c3ccccc3)c2)c1. The number of benzene rings is 15. The molecular formula is C100H72N6. The van der Waals surface area contributed by atoms with Crippen LogP contribution < -0.4 is 9.13 Å². The third kappa shape index (κ3) is 11.0. The van der Waals surface area contributed by atoms with Gasteiger partial charge >= 0.3 is 0 Å². The standard InChI is InChI=1S/C100H72N6/c1-67-69(3)103(65-101(67)79-36-13-7-14-37-79)81-52-54-89(93(63-81)77-50-56-99-95(61-77)91-46-21-23-48-97(91)105(99)83-40-26-32-73(59-83)71-28-9-5-10-29-71)87-44-19-17-42-85(87)75-34-25-35-76(58-75)86-43-18-20-45-88(86)90-55-53-82(104-66-102(68(2)70(104)4)80-38-15-8-16-39-80)64-94(90)78-51-57-100-96(62-78)92-47-22-24-49-98(92)106(100)84-41-27-33-74(60-84)72-30-11-6-12-31-72/h5-64H,1-4H3. The van der Waals surface area contributed by atoms with E-state index in [1.807, 2.05) is 0 Å². The minimum absolute atomic E-state index is 1.03. The molecule has 19 aromatic rings. The van der Waals surface area contributed by atoms with Gasteiger partial charge in [0, 0.05) is 32.9 Å². The van der Waals surface area contributed by atoms with Crippen LogP contribution in [0.25, 0.3) is 167 Å². The van der Waals surface area contributed by atoms with Crippen molar-refractivity contribution in [2.75, 3.05) is 0 Å². The Kier molecular flexibility index (Phi) is 15.7. The molecule has 106 heavy (non-hydrogen) atoms. The fourth-order valence-corrected chi connectivity index (χ4v) is 16.1. The summed E-state index contributed by atoms with van der Waals surface area (Å²) in [6.45, 7) is 8.75. The van der Waals surface area contributed by atoms with Crippen molar-refractivity contribution in [3.05, 3.63) is 399 Å². The van der Waals surface area contributed by atoms with E-state index in [4.69, 9.17) is 0 Å². The van der Waals surface area contributed by atoms with E-state index in [1.165, 1.54) is 43.8 Å². The van der Waals surface area contributed by atoms with Crippen molar-refractivity contribution in [1.82, 2.24) is 18.3 Å². The molecule has 6 nitrogen and oxygen atoms in total. The van der Waals surface area contributed by atoms with E-state index >= 15 is 0 Å². The maximum Gasteiger partial charge on any atom is 0.269 e. The van der Waals surface area contributed by atoms with E-state index in [0.717, 1.165) is 146 Å². The van der Waals surface area contributed by atoms with Crippen LogP contribution in [0.3, 0.4) is 0 Å². The molecule has 0 atom stereocenters. The van der Waals surface area contributed by atoms with E-state index in [0.29, 0.717) is 0 Å². The average Bonchev–Trinajstić information content (AvgIpc) is 1.53. The zero-order valence-electron chi connectivity index (χ0n) is 59.3. The summed E-state index contributed by atoms with van der Waals surface area (Å²) in [6.07, 6.45) is 7.54. The van der Waals surface area contributed by atoms with Crippen molar-refractivity contribution in [2.24, 2.45) is 0 Å². The molecule has 0 radical (unpaired) electrons. The summed E-state index contributed by atoms with van der Waals surface area (Å²) in [7, 11) is 0. The lowest BCUT2D eigenvalue weighted by Crippen LogP contribution is -2.31. The Balaban J connectivity index is 0.757. The van der Waals surface area contributed by atoms with Gasteiger partial charge in [-0.3, -0.25) is 18.3 Å². The van der Waals surface area contributed by atoms with Gasteiger partial charge in [-0.15, -0.1) is 0 Å². The molecule has 6 heteroatoms. The first kappa shape index (κ1) is 63.3. The van der Waals surface area contributed by atoms with E-state index in [1.54, 1.807) is 0 Å². The third-order valence-corrected chi connectivity index (χ3v) is 21.6. The van der Waals surface area contributed by atoms with Gasteiger partial charge in [0.25, 0.3) is 12.7 Å². The molecule has 0 fully saturated rings. The first-order valence-corrected chi connectivity index (χ1v) is 36.4. The van der Waals surface area contributed by atoms with Crippen molar-refractivity contribution < 1.29 is 9.13 Å². The molecule has 0 aliphatic rings. The molecule has 0 amide bonds. The van der Waals surface area contributed by atoms with Gasteiger partial charge in [0.05, 0.1) is 67.6 Å². The zero-order valence-corrected chi connectivity index (χ0v) is 59.3. The predicted molar refractivity (Wildman–Crippen MR) is 437 cm³/mol. The highest BCUT2D eigenvalue weighted by Crippen LogP contribution is 2.46. The second-order valence-corrected chi connectivity index (χ2v) is 27.7. The van der Waals surface area contributed by atoms with Crippen molar-refractivity contribution in [3.8, 4) is 123 Å². The molecule has 0 saturated heterocycles.